The van der Waals surface area contributed by atoms with Crippen molar-refractivity contribution in [1.82, 2.24) is 9.66 Å². The number of alkyl halides is 6. The molecule has 0 bridgehead atoms. The number of carbonyl (C=O) groups is 1. The number of hydrogen-bond donors (Lipinski definition) is 3. The van der Waals surface area contributed by atoms with E-state index in [4.69, 9.17) is 5.73 Å². The molecule has 1 amide bonds. The first kappa shape index (κ1) is 17.4. The van der Waals surface area contributed by atoms with Crippen LogP contribution in [0.2, 0.25) is 0 Å². The number of fused-ring (bicyclic) bond motifs is 1. The van der Waals surface area contributed by atoms with Crippen molar-refractivity contribution >= 4 is 22.6 Å². The summed E-state index contributed by atoms with van der Waals surface area (Å²) < 4.78 is 75.0. The molecule has 0 saturated heterocycles. The van der Waals surface area contributed by atoms with Crippen LogP contribution in [-0.4, -0.2) is 21.7 Å². The number of carbonyl (C=O) groups excluding carboxylic acids is 1. The standard InChI is InChI=1S/C11H6F6N4O3/c12-10(13,14)3-1-5-6(2-4(3)18)21(8(23)7(22)19-5)20-9(24)11(15,16)17/h1-2H,18H2,(H,19,22)(H,20,24). The van der Waals surface area contributed by atoms with E-state index in [9.17, 15) is 40.7 Å². The van der Waals surface area contributed by atoms with Crippen LogP contribution < -0.4 is 22.3 Å². The Morgan fingerprint density at radius 1 is 1.12 bits per heavy atom. The highest BCUT2D eigenvalue weighted by atomic mass is 19.4. The normalized spacial score (nSPS) is 12.4. The fourth-order valence-electron chi connectivity index (χ4n) is 1.80. The molecular weight excluding hydrogens is 350 g/mol. The van der Waals surface area contributed by atoms with Crippen LogP contribution in [0.25, 0.3) is 11.0 Å². The minimum atomic E-state index is -5.40. The van der Waals surface area contributed by atoms with E-state index in [2.05, 4.69) is 0 Å². The molecule has 0 aliphatic heterocycles. The van der Waals surface area contributed by atoms with Crippen LogP contribution in [0.5, 0.6) is 0 Å². The number of nitrogen functional groups attached to an aromatic ring is 1. The summed E-state index contributed by atoms with van der Waals surface area (Å²) in [7, 11) is 0. The Morgan fingerprint density at radius 2 is 1.71 bits per heavy atom. The van der Waals surface area contributed by atoms with Gasteiger partial charge in [0.25, 0.3) is 0 Å². The second-order valence-electron chi connectivity index (χ2n) is 4.49. The van der Waals surface area contributed by atoms with Crippen molar-refractivity contribution in [2.75, 3.05) is 11.2 Å². The fraction of sp³-hybridized carbons (Fsp3) is 0.182. The lowest BCUT2D eigenvalue weighted by molar-refractivity contribution is -0.168. The molecule has 0 unspecified atom stereocenters. The summed E-state index contributed by atoms with van der Waals surface area (Å²) >= 11 is 0. The summed E-state index contributed by atoms with van der Waals surface area (Å²) in [5.41, 5.74) is -0.488. The maximum Gasteiger partial charge on any atom is 0.472 e. The highest BCUT2D eigenvalue weighted by Crippen LogP contribution is 2.35. The lowest BCUT2D eigenvalue weighted by atomic mass is 10.1. The molecule has 24 heavy (non-hydrogen) atoms. The number of rotatable bonds is 1. The number of hydrogen-bond acceptors (Lipinski definition) is 4. The molecule has 0 atom stereocenters. The number of benzene rings is 1. The zero-order valence-electron chi connectivity index (χ0n) is 11.2. The minimum Gasteiger partial charge on any atom is -0.398 e. The SMILES string of the molecule is Nc1cc2c(cc1C(F)(F)F)[nH]c(=O)c(=O)n2NC(=O)C(F)(F)F. The molecule has 2 rings (SSSR count). The molecule has 7 nitrogen and oxygen atoms in total. The number of nitrogens with zero attached hydrogens (tertiary/aromatic N) is 1. The monoisotopic (exact) mass is 356 g/mol. The van der Waals surface area contributed by atoms with Gasteiger partial charge in [0, 0.05) is 5.69 Å². The molecule has 0 aliphatic carbocycles. The average Bonchev–Trinajstić information content (AvgIpc) is 2.41. The summed E-state index contributed by atoms with van der Waals surface area (Å²) in [6, 6.07) is 0.841. The Hall–Kier alpha value is -2.99. The van der Waals surface area contributed by atoms with Crippen LogP contribution in [0.15, 0.2) is 21.7 Å². The summed E-state index contributed by atoms with van der Waals surface area (Å²) in [5, 5.41) is 0. The van der Waals surface area contributed by atoms with Gasteiger partial charge in [-0.2, -0.15) is 26.3 Å². The van der Waals surface area contributed by atoms with E-state index in [0.29, 0.717) is 12.1 Å². The number of aromatic nitrogens is 2. The lowest BCUT2D eigenvalue weighted by Gasteiger charge is -2.15. The van der Waals surface area contributed by atoms with E-state index in [-0.39, 0.29) is 4.68 Å². The smallest absolute Gasteiger partial charge is 0.398 e. The molecule has 2 aromatic rings. The van der Waals surface area contributed by atoms with Crippen LogP contribution in [0.4, 0.5) is 32.0 Å². The number of nitrogens with two attached hydrogens (primary N) is 1. The van der Waals surface area contributed by atoms with E-state index in [1.54, 1.807) is 4.98 Å². The number of nitrogens with one attached hydrogen (secondary N) is 2. The van der Waals surface area contributed by atoms with Crippen molar-refractivity contribution < 1.29 is 31.1 Å². The molecule has 0 radical (unpaired) electrons. The van der Waals surface area contributed by atoms with Crippen molar-refractivity contribution in [1.29, 1.82) is 0 Å². The van der Waals surface area contributed by atoms with E-state index in [1.165, 1.54) is 0 Å². The molecule has 4 N–H and O–H groups in total. The number of aromatic amines is 1. The Balaban J connectivity index is 2.78. The minimum absolute atomic E-state index is 0.124. The summed E-state index contributed by atoms with van der Waals surface area (Å²) in [6.45, 7) is 0. The van der Waals surface area contributed by atoms with Gasteiger partial charge >= 0.3 is 29.4 Å². The summed E-state index contributed by atoms with van der Waals surface area (Å²) in [5.74, 6) is -2.60. The summed E-state index contributed by atoms with van der Waals surface area (Å²) in [4.78, 5) is 35.7. The van der Waals surface area contributed by atoms with Gasteiger partial charge < -0.3 is 10.7 Å². The predicted octanol–water partition coefficient (Wildman–Crippen LogP) is 0.923. The second kappa shape index (κ2) is 5.28. The van der Waals surface area contributed by atoms with Crippen LogP contribution >= 0.6 is 0 Å². The largest absolute Gasteiger partial charge is 0.472 e. The molecule has 130 valence electrons. The maximum absolute atomic E-state index is 12.8. The molecule has 1 aromatic heterocycles. The Kier molecular flexibility index (Phi) is 3.82. The topological polar surface area (TPSA) is 110 Å². The summed E-state index contributed by atoms with van der Waals surface area (Å²) in [6.07, 6.45) is -10.3. The van der Waals surface area contributed by atoms with Crippen molar-refractivity contribution in [3.63, 3.8) is 0 Å². The number of anilines is 1. The third kappa shape index (κ3) is 3.04. The van der Waals surface area contributed by atoms with E-state index in [1.807, 2.05) is 0 Å². The Labute approximate surface area is 126 Å². The van der Waals surface area contributed by atoms with E-state index in [0.717, 1.165) is 5.43 Å². The molecule has 0 spiro atoms. The van der Waals surface area contributed by atoms with Gasteiger partial charge in [0.15, 0.2) is 0 Å². The van der Waals surface area contributed by atoms with E-state index < -0.39 is 51.7 Å². The van der Waals surface area contributed by atoms with Gasteiger partial charge in [-0.25, -0.2) is 4.68 Å². The molecule has 0 aliphatic rings. The van der Waals surface area contributed by atoms with Crippen molar-refractivity contribution in [3.8, 4) is 0 Å². The second-order valence-corrected chi connectivity index (χ2v) is 4.49. The Bertz CT molecular complexity index is 940. The highest BCUT2D eigenvalue weighted by Gasteiger charge is 2.39. The molecular formula is C11H6F6N4O3. The molecule has 1 heterocycles. The first-order valence-corrected chi connectivity index (χ1v) is 5.86. The number of amides is 1. The quantitative estimate of drug-likeness (QED) is 0.401. The first-order valence-electron chi connectivity index (χ1n) is 5.86. The highest BCUT2D eigenvalue weighted by molar-refractivity contribution is 5.91. The van der Waals surface area contributed by atoms with Crippen LogP contribution in [0.1, 0.15) is 5.56 Å². The average molecular weight is 356 g/mol. The third-order valence-corrected chi connectivity index (χ3v) is 2.83. The molecule has 13 heteroatoms. The first-order chi connectivity index (χ1) is 10.8. The molecule has 0 saturated carbocycles. The van der Waals surface area contributed by atoms with Gasteiger partial charge in [-0.3, -0.25) is 19.8 Å². The van der Waals surface area contributed by atoms with Crippen molar-refractivity contribution in [2.45, 2.75) is 12.4 Å². The maximum atomic E-state index is 12.8. The Morgan fingerprint density at radius 3 is 2.21 bits per heavy atom. The van der Waals surface area contributed by atoms with Crippen molar-refractivity contribution in [2.24, 2.45) is 0 Å². The van der Waals surface area contributed by atoms with Gasteiger partial charge in [0.05, 0.1) is 16.6 Å². The van der Waals surface area contributed by atoms with Gasteiger partial charge in [-0.15, -0.1) is 0 Å². The number of halogens is 6. The predicted molar refractivity (Wildman–Crippen MR) is 68.7 cm³/mol. The fourth-order valence-corrected chi connectivity index (χ4v) is 1.80. The van der Waals surface area contributed by atoms with Gasteiger partial charge in [-0.1, -0.05) is 0 Å². The lowest BCUT2D eigenvalue weighted by Crippen LogP contribution is -2.46. The van der Waals surface area contributed by atoms with Gasteiger partial charge in [0.2, 0.25) is 0 Å². The third-order valence-electron chi connectivity index (χ3n) is 2.83. The molecule has 1 aromatic carbocycles. The van der Waals surface area contributed by atoms with E-state index >= 15 is 0 Å². The van der Waals surface area contributed by atoms with Crippen LogP contribution in [0, 0.1) is 0 Å². The van der Waals surface area contributed by atoms with Gasteiger partial charge in [0.1, 0.15) is 0 Å². The zero-order chi connectivity index (χ0) is 18.4. The van der Waals surface area contributed by atoms with Crippen LogP contribution in [0.3, 0.4) is 0 Å². The zero-order valence-corrected chi connectivity index (χ0v) is 11.2. The molecule has 0 fully saturated rings. The van der Waals surface area contributed by atoms with Crippen molar-refractivity contribution in [3.05, 3.63) is 38.4 Å². The van der Waals surface area contributed by atoms with Gasteiger partial charge in [-0.05, 0) is 12.1 Å². The number of H-pyrrole nitrogens is 1. The van der Waals surface area contributed by atoms with Crippen LogP contribution in [-0.2, 0) is 11.0 Å².